The van der Waals surface area contributed by atoms with Crippen LogP contribution < -0.4 is 4.90 Å². The van der Waals surface area contributed by atoms with E-state index in [0.717, 1.165) is 27.0 Å². The molecule has 1 saturated heterocycles. The van der Waals surface area contributed by atoms with Crippen molar-refractivity contribution >= 4 is 29.2 Å². The van der Waals surface area contributed by atoms with Crippen LogP contribution in [0.25, 0.3) is 0 Å². The molecule has 1 fully saturated rings. The highest BCUT2D eigenvalue weighted by Gasteiger charge is 2.57. The maximum Gasteiger partial charge on any atom is 0.491 e. The normalized spacial score (nSPS) is 19.7. The Balaban J connectivity index is 1.66. The Morgan fingerprint density at radius 1 is 0.979 bits per heavy atom. The second-order valence-corrected chi connectivity index (χ2v) is 12.5. The number of hydrogen-bond acceptors (Lipinski definition) is 8. The summed E-state index contributed by atoms with van der Waals surface area (Å²) in [6, 6.07) is 13.2. The summed E-state index contributed by atoms with van der Waals surface area (Å²) in [5.74, 6) is -4.04. The zero-order valence-corrected chi connectivity index (χ0v) is 26.2. The first kappa shape index (κ1) is 33.4. The van der Waals surface area contributed by atoms with Crippen molar-refractivity contribution in [3.05, 3.63) is 99.4 Å². The van der Waals surface area contributed by atoms with Crippen molar-refractivity contribution in [2.45, 2.75) is 77.1 Å². The fourth-order valence-corrected chi connectivity index (χ4v) is 6.02. The average molecular weight is 654 g/mol. The van der Waals surface area contributed by atoms with Gasteiger partial charge in [0.2, 0.25) is 12.1 Å². The minimum Gasteiger partial charge on any atom is -0.430 e. The molecule has 0 saturated carbocycles. The van der Waals surface area contributed by atoms with Crippen LogP contribution in [0.2, 0.25) is 0 Å². The van der Waals surface area contributed by atoms with Crippen molar-refractivity contribution in [2.24, 2.45) is 0 Å². The van der Waals surface area contributed by atoms with E-state index in [1.54, 1.807) is 48.5 Å². The molecule has 14 heteroatoms. The molecule has 2 aliphatic rings. The van der Waals surface area contributed by atoms with Crippen molar-refractivity contribution in [1.29, 1.82) is 0 Å². The number of non-ortho nitro benzene ring substituents is 1. The van der Waals surface area contributed by atoms with Crippen LogP contribution >= 0.6 is 0 Å². The third kappa shape index (κ3) is 6.62. The quantitative estimate of drug-likeness (QED) is 0.181. The van der Waals surface area contributed by atoms with Gasteiger partial charge in [-0.15, -0.1) is 0 Å². The Morgan fingerprint density at radius 3 is 2.21 bits per heavy atom. The third-order valence-electron chi connectivity index (χ3n) is 8.45. The van der Waals surface area contributed by atoms with Crippen LogP contribution in [-0.4, -0.2) is 68.6 Å². The minimum atomic E-state index is -5.39. The van der Waals surface area contributed by atoms with Crippen LogP contribution in [0, 0.1) is 10.1 Å². The number of anilines is 1. The maximum atomic E-state index is 14.1. The number of nitro benzene ring substituents is 1. The largest absolute Gasteiger partial charge is 0.491 e. The van der Waals surface area contributed by atoms with Gasteiger partial charge in [-0.3, -0.25) is 29.6 Å². The van der Waals surface area contributed by atoms with Crippen molar-refractivity contribution in [2.75, 3.05) is 11.4 Å². The van der Waals surface area contributed by atoms with Gasteiger partial charge in [-0.1, -0.05) is 52.0 Å². The molecular formula is C33H34F3N5O6. The van der Waals surface area contributed by atoms with E-state index in [4.69, 9.17) is 4.74 Å². The number of hydrogen-bond donors (Lipinski definition) is 0. The summed E-state index contributed by atoms with van der Waals surface area (Å²) < 4.78 is 46.4. The molecule has 11 nitrogen and oxygen atoms in total. The number of rotatable bonds is 8. The molecule has 0 N–H and O–H groups in total. The molecule has 0 aliphatic carbocycles. The number of aromatic nitrogens is 1. The number of pyridine rings is 1. The summed E-state index contributed by atoms with van der Waals surface area (Å²) in [7, 11) is 0. The molecule has 248 valence electrons. The second kappa shape index (κ2) is 12.6. The summed E-state index contributed by atoms with van der Waals surface area (Å²) in [4.78, 5) is 59.5. The van der Waals surface area contributed by atoms with Gasteiger partial charge in [-0.25, -0.2) is 4.79 Å². The number of piperazine rings is 1. The highest BCUT2D eigenvalue weighted by atomic mass is 19.4. The highest BCUT2D eigenvalue weighted by molar-refractivity contribution is 6.05. The predicted molar refractivity (Wildman–Crippen MR) is 164 cm³/mol. The molecule has 1 aromatic heterocycles. The first-order valence-electron chi connectivity index (χ1n) is 15.1. The zero-order chi connectivity index (χ0) is 34.3. The molecular weight excluding hydrogens is 619 g/mol. The number of esters is 1. The monoisotopic (exact) mass is 653 g/mol. The number of nitrogens with zero attached hydrogens (tertiary/aromatic N) is 5. The molecule has 3 unspecified atom stereocenters. The smallest absolute Gasteiger partial charge is 0.430 e. The van der Waals surface area contributed by atoms with Gasteiger partial charge in [0.05, 0.1) is 16.2 Å². The molecule has 2 amide bonds. The molecule has 0 radical (unpaired) electrons. The summed E-state index contributed by atoms with van der Waals surface area (Å²) in [5.41, 5.74) is 1.93. The van der Waals surface area contributed by atoms with Crippen LogP contribution in [0.5, 0.6) is 0 Å². The Morgan fingerprint density at radius 2 is 1.64 bits per heavy atom. The number of carbonyl (C=O) groups excluding carboxylic acids is 3. The van der Waals surface area contributed by atoms with Gasteiger partial charge in [-0.05, 0) is 53.1 Å². The van der Waals surface area contributed by atoms with E-state index in [9.17, 15) is 37.7 Å². The van der Waals surface area contributed by atoms with Gasteiger partial charge in [0.15, 0.2) is 6.17 Å². The lowest BCUT2D eigenvalue weighted by Gasteiger charge is -2.56. The number of fused-ring (bicyclic) bond motifs is 2. The van der Waals surface area contributed by atoms with Crippen LogP contribution in [0.1, 0.15) is 61.2 Å². The van der Waals surface area contributed by atoms with Crippen LogP contribution in [0.3, 0.4) is 0 Å². The lowest BCUT2D eigenvalue weighted by atomic mass is 9.86. The first-order chi connectivity index (χ1) is 22.1. The maximum absolute atomic E-state index is 14.1. The summed E-state index contributed by atoms with van der Waals surface area (Å²) in [5, 5.41) is 11.6. The number of halogens is 3. The molecule has 2 aromatic carbocycles. The first-order valence-corrected chi connectivity index (χ1v) is 15.1. The number of alkyl halides is 3. The number of benzene rings is 2. The second-order valence-electron chi connectivity index (χ2n) is 12.5. The molecule has 2 aliphatic heterocycles. The van der Waals surface area contributed by atoms with Crippen molar-refractivity contribution in [1.82, 2.24) is 14.8 Å². The number of amides is 2. The Hall–Kier alpha value is -5.01. The number of ether oxygens (including phenoxy) is 1. The molecule has 0 bridgehead atoms. The zero-order valence-electron chi connectivity index (χ0n) is 26.2. The van der Waals surface area contributed by atoms with Gasteiger partial charge < -0.3 is 14.5 Å². The topological polar surface area (TPSA) is 126 Å². The lowest BCUT2D eigenvalue weighted by molar-refractivity contribution is -0.384. The van der Waals surface area contributed by atoms with Crippen LogP contribution in [0.15, 0.2) is 67.0 Å². The molecule has 3 aromatic rings. The number of carbonyl (C=O) groups is 3. The third-order valence-corrected chi connectivity index (χ3v) is 8.45. The van der Waals surface area contributed by atoms with E-state index in [-0.39, 0.29) is 41.9 Å². The molecule has 3 heterocycles. The molecule has 3 atom stereocenters. The van der Waals surface area contributed by atoms with Gasteiger partial charge in [0, 0.05) is 37.6 Å². The standard InChI is InChI=1S/C33H34F3N5O6/c1-5-25-29(43)39(19-21-6-8-22(9-7-21)32(2,3)4)30(47-31(44)33(34,35)36)27-38(17-14-20-12-15-37-16-13-20)26-11-10-23(41(45)46)18-24(26)28(42)40(25)27/h6-13,15-16,18,25,27,30H,5,14,17,19H2,1-4H3. The van der Waals surface area contributed by atoms with E-state index in [1.165, 1.54) is 12.1 Å². The minimum absolute atomic E-state index is 0.0723. The van der Waals surface area contributed by atoms with E-state index < -0.39 is 47.3 Å². The van der Waals surface area contributed by atoms with Crippen molar-refractivity contribution < 1.29 is 37.2 Å². The van der Waals surface area contributed by atoms with E-state index in [2.05, 4.69) is 4.98 Å². The lowest BCUT2D eigenvalue weighted by Crippen LogP contribution is -2.74. The van der Waals surface area contributed by atoms with Gasteiger partial charge in [-0.2, -0.15) is 13.2 Å². The highest BCUT2D eigenvalue weighted by Crippen LogP contribution is 2.41. The van der Waals surface area contributed by atoms with Crippen LogP contribution in [-0.2, 0) is 32.7 Å². The Kier molecular flexibility index (Phi) is 8.98. The summed E-state index contributed by atoms with van der Waals surface area (Å²) in [6.45, 7) is 7.60. The predicted octanol–water partition coefficient (Wildman–Crippen LogP) is 5.37. The Bertz CT molecular complexity index is 1680. The van der Waals surface area contributed by atoms with E-state index in [1.807, 2.05) is 32.9 Å². The molecule has 5 rings (SSSR count). The van der Waals surface area contributed by atoms with E-state index >= 15 is 0 Å². The van der Waals surface area contributed by atoms with Gasteiger partial charge in [0.25, 0.3) is 11.6 Å². The number of nitro groups is 1. The average Bonchev–Trinajstić information content (AvgIpc) is 3.02. The van der Waals surface area contributed by atoms with Crippen LogP contribution in [0.4, 0.5) is 24.5 Å². The van der Waals surface area contributed by atoms with Crippen molar-refractivity contribution in [3.8, 4) is 0 Å². The fraction of sp³-hybridized carbons (Fsp3) is 0.394. The Labute approximate surface area is 269 Å². The van der Waals surface area contributed by atoms with Gasteiger partial charge >= 0.3 is 12.1 Å². The summed E-state index contributed by atoms with van der Waals surface area (Å²) in [6.07, 6.45) is -5.13. The van der Waals surface area contributed by atoms with Gasteiger partial charge in [0.1, 0.15) is 6.04 Å². The molecule has 47 heavy (non-hydrogen) atoms. The summed E-state index contributed by atoms with van der Waals surface area (Å²) >= 11 is 0. The fourth-order valence-electron chi connectivity index (χ4n) is 6.02. The van der Waals surface area contributed by atoms with E-state index in [0.29, 0.717) is 12.0 Å². The SMILES string of the molecule is CCC1C(=O)N(Cc2ccc(C(C)(C)C)cc2)C(OC(=O)C(F)(F)F)C2N(CCc3ccncc3)c3ccc([N+](=O)[O-])cc3C(=O)N12. The molecule has 0 spiro atoms. The van der Waals surface area contributed by atoms with Crippen molar-refractivity contribution in [3.63, 3.8) is 0 Å².